The third-order valence-corrected chi connectivity index (χ3v) is 3.45. The highest BCUT2D eigenvalue weighted by Crippen LogP contribution is 2.27. The number of nitrogens with one attached hydrogen (secondary N) is 1. The minimum Gasteiger partial charge on any atom is -0.504 e. The highest BCUT2D eigenvalue weighted by molar-refractivity contribution is 6.35. The number of anilines is 1. The van der Waals surface area contributed by atoms with E-state index in [0.29, 0.717) is 22.2 Å². The van der Waals surface area contributed by atoms with E-state index in [1.807, 2.05) is 0 Å². The summed E-state index contributed by atoms with van der Waals surface area (Å²) in [5.41, 5.74) is 1.21. The molecule has 2 aromatic rings. The van der Waals surface area contributed by atoms with Crippen molar-refractivity contribution >= 4 is 34.8 Å². The largest absolute Gasteiger partial charge is 0.504 e. The summed E-state index contributed by atoms with van der Waals surface area (Å²) in [5, 5.41) is 22.2. The van der Waals surface area contributed by atoms with E-state index in [0.717, 1.165) is 5.56 Å². The topological polar surface area (TPSA) is 69.6 Å². The van der Waals surface area contributed by atoms with Crippen molar-refractivity contribution in [2.75, 3.05) is 5.32 Å². The fraction of sp³-hybridized carbons (Fsp3) is 0.133. The molecule has 1 amide bonds. The molecule has 0 radical (unpaired) electrons. The predicted molar refractivity (Wildman–Crippen MR) is 83.2 cm³/mol. The standard InChI is InChI=1S/C15H13Cl2NO3/c16-10-3-4-11(17)12(8-10)18-15(21)6-2-9-1-5-13(19)14(20)7-9/h1,3-5,7-8,19-20H,2,6H2,(H,18,21). The van der Waals surface area contributed by atoms with Gasteiger partial charge in [-0.15, -0.1) is 0 Å². The summed E-state index contributed by atoms with van der Waals surface area (Å²) in [6.07, 6.45) is 0.644. The molecule has 0 fully saturated rings. The Labute approximate surface area is 131 Å². The van der Waals surface area contributed by atoms with Crippen LogP contribution in [0.2, 0.25) is 10.0 Å². The van der Waals surface area contributed by atoms with Crippen molar-refractivity contribution in [1.82, 2.24) is 0 Å². The molecule has 0 heterocycles. The molecule has 0 saturated carbocycles. The summed E-state index contributed by atoms with van der Waals surface area (Å²) in [6.45, 7) is 0. The number of aromatic hydroxyl groups is 2. The van der Waals surface area contributed by atoms with Gasteiger partial charge in [-0.05, 0) is 42.3 Å². The zero-order valence-electron chi connectivity index (χ0n) is 10.9. The Morgan fingerprint density at radius 2 is 1.81 bits per heavy atom. The first-order valence-electron chi connectivity index (χ1n) is 6.21. The van der Waals surface area contributed by atoms with Crippen LogP contribution in [-0.2, 0) is 11.2 Å². The van der Waals surface area contributed by atoms with Crippen LogP contribution in [0, 0.1) is 0 Å². The fourth-order valence-corrected chi connectivity index (χ4v) is 2.13. The monoisotopic (exact) mass is 325 g/mol. The van der Waals surface area contributed by atoms with Crippen molar-refractivity contribution in [2.45, 2.75) is 12.8 Å². The van der Waals surface area contributed by atoms with Crippen molar-refractivity contribution < 1.29 is 15.0 Å². The average Bonchev–Trinajstić information content (AvgIpc) is 2.44. The van der Waals surface area contributed by atoms with E-state index in [4.69, 9.17) is 23.2 Å². The molecule has 0 atom stereocenters. The van der Waals surface area contributed by atoms with Gasteiger partial charge in [-0.2, -0.15) is 0 Å². The molecule has 0 aliphatic heterocycles. The second-order valence-corrected chi connectivity index (χ2v) is 5.34. The molecule has 0 aromatic heterocycles. The SMILES string of the molecule is O=C(CCc1ccc(O)c(O)c1)Nc1cc(Cl)ccc1Cl. The van der Waals surface area contributed by atoms with E-state index in [-0.39, 0.29) is 23.8 Å². The van der Waals surface area contributed by atoms with E-state index in [9.17, 15) is 15.0 Å². The maximum Gasteiger partial charge on any atom is 0.224 e. The van der Waals surface area contributed by atoms with Gasteiger partial charge in [0.25, 0.3) is 0 Å². The summed E-state index contributed by atoms with van der Waals surface area (Å²) >= 11 is 11.8. The van der Waals surface area contributed by atoms with Crippen LogP contribution in [0.5, 0.6) is 11.5 Å². The van der Waals surface area contributed by atoms with Crippen LogP contribution in [0.15, 0.2) is 36.4 Å². The Morgan fingerprint density at radius 1 is 1.05 bits per heavy atom. The van der Waals surface area contributed by atoms with E-state index < -0.39 is 0 Å². The van der Waals surface area contributed by atoms with E-state index in [2.05, 4.69) is 5.32 Å². The third kappa shape index (κ3) is 4.28. The number of carbonyl (C=O) groups excluding carboxylic acids is 1. The molecule has 0 spiro atoms. The van der Waals surface area contributed by atoms with Gasteiger partial charge in [0.05, 0.1) is 10.7 Å². The van der Waals surface area contributed by atoms with Gasteiger partial charge in [-0.3, -0.25) is 4.79 Å². The van der Waals surface area contributed by atoms with Gasteiger partial charge in [-0.1, -0.05) is 29.3 Å². The quantitative estimate of drug-likeness (QED) is 0.745. The molecular weight excluding hydrogens is 313 g/mol. The van der Waals surface area contributed by atoms with Gasteiger partial charge in [0, 0.05) is 11.4 Å². The number of hydrogen-bond donors (Lipinski definition) is 3. The number of rotatable bonds is 4. The maximum atomic E-state index is 11.9. The number of aryl methyl sites for hydroxylation is 1. The number of amides is 1. The number of carbonyl (C=O) groups is 1. The van der Waals surface area contributed by atoms with E-state index in [1.165, 1.54) is 12.1 Å². The first-order valence-corrected chi connectivity index (χ1v) is 6.97. The van der Waals surface area contributed by atoms with Crippen LogP contribution in [-0.4, -0.2) is 16.1 Å². The molecule has 4 nitrogen and oxygen atoms in total. The van der Waals surface area contributed by atoms with Crippen LogP contribution in [0.25, 0.3) is 0 Å². The first kappa shape index (κ1) is 15.5. The maximum absolute atomic E-state index is 11.9. The van der Waals surface area contributed by atoms with Crippen molar-refractivity contribution in [3.05, 3.63) is 52.0 Å². The van der Waals surface area contributed by atoms with Crippen molar-refractivity contribution in [3.63, 3.8) is 0 Å². The lowest BCUT2D eigenvalue weighted by atomic mass is 10.1. The molecular formula is C15H13Cl2NO3. The molecule has 21 heavy (non-hydrogen) atoms. The highest BCUT2D eigenvalue weighted by atomic mass is 35.5. The molecule has 0 aliphatic rings. The molecule has 0 aliphatic carbocycles. The number of phenols is 2. The van der Waals surface area contributed by atoms with Gasteiger partial charge in [-0.25, -0.2) is 0 Å². The highest BCUT2D eigenvalue weighted by Gasteiger charge is 2.08. The van der Waals surface area contributed by atoms with E-state index in [1.54, 1.807) is 24.3 Å². The summed E-state index contributed by atoms with van der Waals surface area (Å²) < 4.78 is 0. The van der Waals surface area contributed by atoms with Crippen LogP contribution >= 0.6 is 23.2 Å². The predicted octanol–water partition coefficient (Wildman–Crippen LogP) is 3.98. The van der Waals surface area contributed by atoms with Gasteiger partial charge in [0.15, 0.2) is 11.5 Å². The minimum absolute atomic E-state index is 0.186. The smallest absolute Gasteiger partial charge is 0.224 e. The average molecular weight is 326 g/mol. The van der Waals surface area contributed by atoms with Gasteiger partial charge < -0.3 is 15.5 Å². The summed E-state index contributed by atoms with van der Waals surface area (Å²) in [7, 11) is 0. The molecule has 6 heteroatoms. The number of halogens is 2. The normalized spacial score (nSPS) is 10.4. The van der Waals surface area contributed by atoms with Crippen molar-refractivity contribution in [3.8, 4) is 11.5 Å². The lowest BCUT2D eigenvalue weighted by Crippen LogP contribution is -2.12. The molecule has 0 saturated heterocycles. The summed E-state index contributed by atoms with van der Waals surface area (Å²) in [4.78, 5) is 11.9. The Kier molecular flexibility index (Phi) is 4.94. The Hall–Kier alpha value is -1.91. The van der Waals surface area contributed by atoms with E-state index >= 15 is 0 Å². The number of benzene rings is 2. The number of phenolic OH excluding ortho intramolecular Hbond substituents is 2. The third-order valence-electron chi connectivity index (χ3n) is 2.88. The first-order chi connectivity index (χ1) is 9.95. The second-order valence-electron chi connectivity index (χ2n) is 4.50. The fourth-order valence-electron chi connectivity index (χ4n) is 1.79. The van der Waals surface area contributed by atoms with Gasteiger partial charge >= 0.3 is 0 Å². The van der Waals surface area contributed by atoms with Crippen LogP contribution < -0.4 is 5.32 Å². The van der Waals surface area contributed by atoms with Crippen molar-refractivity contribution in [1.29, 1.82) is 0 Å². The zero-order chi connectivity index (χ0) is 15.4. The summed E-state index contributed by atoms with van der Waals surface area (Å²) in [5.74, 6) is -0.605. The zero-order valence-corrected chi connectivity index (χ0v) is 12.4. The van der Waals surface area contributed by atoms with Crippen LogP contribution in [0.1, 0.15) is 12.0 Å². The van der Waals surface area contributed by atoms with Crippen molar-refractivity contribution in [2.24, 2.45) is 0 Å². The van der Waals surface area contributed by atoms with Gasteiger partial charge in [0.2, 0.25) is 5.91 Å². The Morgan fingerprint density at radius 3 is 2.52 bits per heavy atom. The molecule has 0 bridgehead atoms. The second kappa shape index (κ2) is 6.70. The number of hydrogen-bond acceptors (Lipinski definition) is 3. The Bertz CT molecular complexity index is 674. The lowest BCUT2D eigenvalue weighted by Gasteiger charge is -2.08. The molecule has 2 aromatic carbocycles. The summed E-state index contributed by atoms with van der Waals surface area (Å²) in [6, 6.07) is 9.28. The minimum atomic E-state index is -0.216. The molecule has 2 rings (SSSR count). The molecule has 3 N–H and O–H groups in total. The lowest BCUT2D eigenvalue weighted by molar-refractivity contribution is -0.116. The van der Waals surface area contributed by atoms with Gasteiger partial charge in [0.1, 0.15) is 0 Å². The van der Waals surface area contributed by atoms with Crippen LogP contribution in [0.3, 0.4) is 0 Å². The Balaban J connectivity index is 1.95. The molecule has 0 unspecified atom stereocenters. The van der Waals surface area contributed by atoms with Crippen LogP contribution in [0.4, 0.5) is 5.69 Å². The molecule has 110 valence electrons.